The molecule has 2 N–H and O–H groups in total. The van der Waals surface area contributed by atoms with Gasteiger partial charge in [-0.1, -0.05) is 0 Å². The maximum Gasteiger partial charge on any atom is 0.229 e. The van der Waals surface area contributed by atoms with Crippen molar-refractivity contribution in [3.63, 3.8) is 0 Å². The molecule has 0 aromatic carbocycles. The molecule has 0 bridgehead atoms. The molecule has 0 unspecified atom stereocenters. The molecule has 0 spiro atoms. The molecule has 0 saturated carbocycles. The van der Waals surface area contributed by atoms with Crippen LogP contribution in [-0.4, -0.2) is 53.6 Å². The number of rotatable bonds is 9. The minimum absolute atomic E-state index is 0.561. The standard InChI is InChI=1S/C20H30N6O/c1-15-12-18(21-2)25-20(23-15)24-17-13-16(19(27-3)22-14-17)8-4-5-9-26-10-6-7-11-26/h12-14H,4-11H2,1-3H3,(H2,21,23,24,25). The van der Waals surface area contributed by atoms with Gasteiger partial charge in [-0.2, -0.15) is 4.98 Å². The summed E-state index contributed by atoms with van der Waals surface area (Å²) in [7, 11) is 3.52. The first-order chi connectivity index (χ1) is 13.2. The Bertz CT molecular complexity index is 745. The highest BCUT2D eigenvalue weighted by atomic mass is 16.5. The van der Waals surface area contributed by atoms with Gasteiger partial charge < -0.3 is 20.3 Å². The molecule has 0 amide bonds. The minimum Gasteiger partial charge on any atom is -0.481 e. The third kappa shape index (κ3) is 5.53. The van der Waals surface area contributed by atoms with E-state index in [1.165, 1.54) is 38.9 Å². The Hall–Kier alpha value is -2.41. The van der Waals surface area contributed by atoms with E-state index < -0.39 is 0 Å². The van der Waals surface area contributed by atoms with Crippen molar-refractivity contribution in [1.29, 1.82) is 0 Å². The normalized spacial score (nSPS) is 14.3. The zero-order valence-corrected chi connectivity index (χ0v) is 16.6. The smallest absolute Gasteiger partial charge is 0.229 e. The summed E-state index contributed by atoms with van der Waals surface area (Å²) < 4.78 is 5.45. The molecule has 7 heteroatoms. The van der Waals surface area contributed by atoms with Gasteiger partial charge in [0.1, 0.15) is 5.82 Å². The van der Waals surface area contributed by atoms with Crippen LogP contribution in [0.5, 0.6) is 5.88 Å². The van der Waals surface area contributed by atoms with Gasteiger partial charge in [0.15, 0.2) is 0 Å². The molecule has 0 atom stereocenters. The Morgan fingerprint density at radius 2 is 1.96 bits per heavy atom. The van der Waals surface area contributed by atoms with Crippen molar-refractivity contribution in [1.82, 2.24) is 19.9 Å². The molecular formula is C20H30N6O. The van der Waals surface area contributed by atoms with Crippen LogP contribution in [0.4, 0.5) is 17.5 Å². The summed E-state index contributed by atoms with van der Waals surface area (Å²) in [5.41, 5.74) is 2.89. The number of anilines is 3. The zero-order valence-electron chi connectivity index (χ0n) is 16.6. The maximum atomic E-state index is 5.45. The lowest BCUT2D eigenvalue weighted by Gasteiger charge is -2.15. The number of hydrogen-bond acceptors (Lipinski definition) is 7. The number of aryl methyl sites for hydroxylation is 2. The molecule has 0 radical (unpaired) electrons. The van der Waals surface area contributed by atoms with Crippen molar-refractivity contribution >= 4 is 17.5 Å². The second-order valence-corrected chi connectivity index (χ2v) is 6.99. The van der Waals surface area contributed by atoms with Gasteiger partial charge >= 0.3 is 0 Å². The summed E-state index contributed by atoms with van der Waals surface area (Å²) >= 11 is 0. The molecule has 1 fully saturated rings. The number of unbranched alkanes of at least 4 members (excludes halogenated alkanes) is 1. The topological polar surface area (TPSA) is 75.2 Å². The number of hydrogen-bond donors (Lipinski definition) is 2. The molecule has 0 aliphatic carbocycles. The van der Waals surface area contributed by atoms with Crippen LogP contribution in [0.2, 0.25) is 0 Å². The van der Waals surface area contributed by atoms with E-state index in [4.69, 9.17) is 4.74 Å². The van der Waals surface area contributed by atoms with E-state index in [2.05, 4.69) is 36.6 Å². The van der Waals surface area contributed by atoms with Gasteiger partial charge in [0.25, 0.3) is 0 Å². The summed E-state index contributed by atoms with van der Waals surface area (Å²) in [5.74, 6) is 2.04. The van der Waals surface area contributed by atoms with E-state index in [-0.39, 0.29) is 0 Å². The summed E-state index contributed by atoms with van der Waals surface area (Å²) in [6.45, 7) is 5.66. The Morgan fingerprint density at radius 1 is 1.15 bits per heavy atom. The van der Waals surface area contributed by atoms with E-state index in [0.29, 0.717) is 11.8 Å². The summed E-state index contributed by atoms with van der Waals surface area (Å²) in [6, 6.07) is 4.00. The number of ether oxygens (including phenoxy) is 1. The fraction of sp³-hybridized carbons (Fsp3) is 0.550. The van der Waals surface area contributed by atoms with Gasteiger partial charge in [-0.3, -0.25) is 0 Å². The number of nitrogens with zero attached hydrogens (tertiary/aromatic N) is 4. The van der Waals surface area contributed by atoms with Crippen LogP contribution < -0.4 is 15.4 Å². The van der Waals surface area contributed by atoms with Crippen LogP contribution in [0.15, 0.2) is 18.3 Å². The van der Waals surface area contributed by atoms with Crippen molar-refractivity contribution in [3.8, 4) is 5.88 Å². The molecule has 2 aromatic heterocycles. The molecule has 1 aliphatic rings. The lowest BCUT2D eigenvalue weighted by atomic mass is 10.1. The molecule has 2 aromatic rings. The SMILES string of the molecule is CNc1cc(C)nc(Nc2cnc(OC)c(CCCCN3CCCC3)c2)n1. The van der Waals surface area contributed by atoms with Crippen molar-refractivity contribution < 1.29 is 4.74 Å². The summed E-state index contributed by atoms with van der Waals surface area (Å²) in [4.78, 5) is 15.9. The number of methoxy groups -OCH3 is 1. The highest BCUT2D eigenvalue weighted by Crippen LogP contribution is 2.23. The quantitative estimate of drug-likeness (QED) is 0.655. The lowest BCUT2D eigenvalue weighted by Crippen LogP contribution is -2.20. The van der Waals surface area contributed by atoms with E-state index in [0.717, 1.165) is 35.6 Å². The largest absolute Gasteiger partial charge is 0.481 e. The zero-order chi connectivity index (χ0) is 19.1. The van der Waals surface area contributed by atoms with Crippen molar-refractivity contribution in [3.05, 3.63) is 29.6 Å². The van der Waals surface area contributed by atoms with Gasteiger partial charge in [-0.05, 0) is 64.7 Å². The van der Waals surface area contributed by atoms with Crippen LogP contribution in [0.1, 0.15) is 36.9 Å². The van der Waals surface area contributed by atoms with E-state index in [1.807, 2.05) is 20.0 Å². The maximum absolute atomic E-state index is 5.45. The van der Waals surface area contributed by atoms with Crippen LogP contribution in [-0.2, 0) is 6.42 Å². The van der Waals surface area contributed by atoms with Crippen LogP contribution in [0.25, 0.3) is 0 Å². The second-order valence-electron chi connectivity index (χ2n) is 6.99. The fourth-order valence-corrected chi connectivity index (χ4v) is 3.47. The third-order valence-electron chi connectivity index (χ3n) is 4.85. The molecule has 3 rings (SSSR count). The van der Waals surface area contributed by atoms with Crippen LogP contribution >= 0.6 is 0 Å². The Kier molecular flexibility index (Phi) is 6.81. The molecule has 3 heterocycles. The van der Waals surface area contributed by atoms with Crippen molar-refractivity contribution in [2.45, 2.75) is 39.0 Å². The Labute approximate surface area is 161 Å². The average molecular weight is 371 g/mol. The lowest BCUT2D eigenvalue weighted by molar-refractivity contribution is 0.329. The number of aromatic nitrogens is 3. The van der Waals surface area contributed by atoms with Gasteiger partial charge in [-0.15, -0.1) is 0 Å². The van der Waals surface area contributed by atoms with Gasteiger partial charge in [0, 0.05) is 24.4 Å². The molecular weight excluding hydrogens is 340 g/mol. The van der Waals surface area contributed by atoms with Crippen LogP contribution in [0.3, 0.4) is 0 Å². The number of nitrogens with one attached hydrogen (secondary N) is 2. The number of pyridine rings is 1. The van der Waals surface area contributed by atoms with Gasteiger partial charge in [0.2, 0.25) is 11.8 Å². The highest BCUT2D eigenvalue weighted by molar-refractivity contribution is 5.56. The van der Waals surface area contributed by atoms with E-state index >= 15 is 0 Å². The molecule has 1 aliphatic heterocycles. The second kappa shape index (κ2) is 9.50. The van der Waals surface area contributed by atoms with Crippen LogP contribution in [0, 0.1) is 6.92 Å². The van der Waals surface area contributed by atoms with Gasteiger partial charge in [0.05, 0.1) is 19.0 Å². The molecule has 27 heavy (non-hydrogen) atoms. The summed E-state index contributed by atoms with van der Waals surface area (Å²) in [5, 5.41) is 6.31. The number of likely N-dealkylation sites (tertiary alicyclic amines) is 1. The highest BCUT2D eigenvalue weighted by Gasteiger charge is 2.12. The Balaban J connectivity index is 1.62. The first-order valence-electron chi connectivity index (χ1n) is 9.73. The van der Waals surface area contributed by atoms with Crippen molar-refractivity contribution in [2.75, 3.05) is 44.4 Å². The first-order valence-corrected chi connectivity index (χ1v) is 9.73. The third-order valence-corrected chi connectivity index (χ3v) is 4.85. The molecule has 1 saturated heterocycles. The monoisotopic (exact) mass is 370 g/mol. The summed E-state index contributed by atoms with van der Waals surface area (Å²) in [6.07, 6.45) is 7.74. The Morgan fingerprint density at radius 3 is 2.70 bits per heavy atom. The van der Waals surface area contributed by atoms with Crippen molar-refractivity contribution in [2.24, 2.45) is 0 Å². The van der Waals surface area contributed by atoms with Gasteiger partial charge in [-0.25, -0.2) is 9.97 Å². The predicted molar refractivity (Wildman–Crippen MR) is 109 cm³/mol. The fourth-order valence-electron chi connectivity index (χ4n) is 3.47. The first kappa shape index (κ1) is 19.4. The predicted octanol–water partition coefficient (Wildman–Crippen LogP) is 3.39. The minimum atomic E-state index is 0.561. The van der Waals surface area contributed by atoms with E-state index in [9.17, 15) is 0 Å². The van der Waals surface area contributed by atoms with E-state index in [1.54, 1.807) is 13.3 Å². The molecule has 7 nitrogen and oxygen atoms in total. The molecule has 146 valence electrons. The average Bonchev–Trinajstić information content (AvgIpc) is 3.18.